The number of amides is 1. The Kier molecular flexibility index (Phi) is 6.44. The fourth-order valence-electron chi connectivity index (χ4n) is 1.75. The molecule has 0 radical (unpaired) electrons. The molecule has 0 bridgehead atoms. The number of ether oxygens (including phenoxy) is 1. The molecule has 0 unspecified atom stereocenters. The Morgan fingerprint density at radius 2 is 2.05 bits per heavy atom. The Hall–Kier alpha value is -1.80. The van der Waals surface area contributed by atoms with Crippen LogP contribution in [0.4, 0.5) is 10.7 Å². The number of primary amides is 1. The number of thiophene rings is 1. The summed E-state index contributed by atoms with van der Waals surface area (Å²) < 4.78 is 4.97. The largest absolute Gasteiger partial charge is 0.462 e. The van der Waals surface area contributed by atoms with E-state index in [9.17, 15) is 9.59 Å². The van der Waals surface area contributed by atoms with Gasteiger partial charge in [0.25, 0.3) is 5.91 Å². The molecule has 7 nitrogen and oxygen atoms in total. The van der Waals surface area contributed by atoms with Crippen molar-refractivity contribution in [2.24, 2.45) is 5.73 Å². The van der Waals surface area contributed by atoms with Gasteiger partial charge >= 0.3 is 5.97 Å². The van der Waals surface area contributed by atoms with Crippen molar-refractivity contribution in [1.29, 1.82) is 0 Å². The molecular formula is C13H22N4O3S. The molecule has 0 saturated heterocycles. The van der Waals surface area contributed by atoms with Crippen LogP contribution in [0.25, 0.3) is 0 Å². The molecule has 0 fully saturated rings. The number of nitrogen functional groups attached to an aromatic ring is 1. The highest BCUT2D eigenvalue weighted by Crippen LogP contribution is 2.36. The molecule has 0 spiro atoms. The molecule has 1 rings (SSSR count). The van der Waals surface area contributed by atoms with Crippen molar-refractivity contribution in [2.75, 3.05) is 44.8 Å². The molecule has 8 heteroatoms. The summed E-state index contributed by atoms with van der Waals surface area (Å²) in [6.45, 7) is 3.51. The van der Waals surface area contributed by atoms with Crippen LogP contribution in [0, 0.1) is 0 Å². The second-order valence-corrected chi connectivity index (χ2v) is 5.74. The van der Waals surface area contributed by atoms with Gasteiger partial charge in [-0.2, -0.15) is 0 Å². The van der Waals surface area contributed by atoms with Crippen LogP contribution in [0.3, 0.4) is 0 Å². The molecule has 0 aliphatic heterocycles. The smallest absolute Gasteiger partial charge is 0.343 e. The summed E-state index contributed by atoms with van der Waals surface area (Å²) in [6.07, 6.45) is 0.888. The topological polar surface area (TPSA) is 111 Å². The lowest BCUT2D eigenvalue weighted by Crippen LogP contribution is -2.17. The van der Waals surface area contributed by atoms with Crippen molar-refractivity contribution in [2.45, 2.75) is 13.3 Å². The number of carbonyl (C=O) groups is 2. The Labute approximate surface area is 128 Å². The third-order valence-corrected chi connectivity index (χ3v) is 3.89. The average Bonchev–Trinajstić information content (AvgIpc) is 2.72. The van der Waals surface area contributed by atoms with Gasteiger partial charge in [-0.1, -0.05) is 0 Å². The first-order valence-electron chi connectivity index (χ1n) is 6.66. The molecule has 1 heterocycles. The number of esters is 1. The predicted molar refractivity (Wildman–Crippen MR) is 84.9 cm³/mol. The maximum Gasteiger partial charge on any atom is 0.343 e. The minimum absolute atomic E-state index is 0.0843. The van der Waals surface area contributed by atoms with E-state index in [1.54, 1.807) is 6.92 Å². The number of hydrogen-bond acceptors (Lipinski definition) is 7. The molecule has 118 valence electrons. The van der Waals surface area contributed by atoms with Gasteiger partial charge in [0.2, 0.25) is 0 Å². The third kappa shape index (κ3) is 4.61. The number of nitrogens with one attached hydrogen (secondary N) is 1. The van der Waals surface area contributed by atoms with Crippen LogP contribution >= 0.6 is 11.3 Å². The molecular weight excluding hydrogens is 292 g/mol. The van der Waals surface area contributed by atoms with Crippen LogP contribution in [0.2, 0.25) is 0 Å². The van der Waals surface area contributed by atoms with Crippen LogP contribution in [0.5, 0.6) is 0 Å². The van der Waals surface area contributed by atoms with E-state index in [2.05, 4.69) is 10.2 Å². The van der Waals surface area contributed by atoms with Crippen LogP contribution < -0.4 is 16.8 Å². The van der Waals surface area contributed by atoms with Gasteiger partial charge in [-0.15, -0.1) is 11.3 Å². The van der Waals surface area contributed by atoms with Crippen molar-refractivity contribution in [3.63, 3.8) is 0 Å². The van der Waals surface area contributed by atoms with Gasteiger partial charge in [-0.25, -0.2) is 4.79 Å². The van der Waals surface area contributed by atoms with Crippen molar-refractivity contribution >= 4 is 33.9 Å². The number of nitrogens with two attached hydrogens (primary N) is 2. The maximum atomic E-state index is 12.0. The van der Waals surface area contributed by atoms with Gasteiger partial charge in [0.15, 0.2) is 0 Å². The van der Waals surface area contributed by atoms with E-state index in [1.807, 2.05) is 14.1 Å². The first kappa shape index (κ1) is 17.3. The minimum Gasteiger partial charge on any atom is -0.462 e. The summed E-state index contributed by atoms with van der Waals surface area (Å²) >= 11 is 1.08. The molecule has 1 aromatic heterocycles. The lowest BCUT2D eigenvalue weighted by atomic mass is 10.2. The first-order chi connectivity index (χ1) is 9.88. The summed E-state index contributed by atoms with van der Waals surface area (Å²) in [7, 11) is 3.97. The van der Waals surface area contributed by atoms with Crippen LogP contribution in [-0.2, 0) is 4.74 Å². The lowest BCUT2D eigenvalue weighted by Gasteiger charge is -2.10. The fourth-order valence-corrected chi connectivity index (χ4v) is 2.74. The van der Waals surface area contributed by atoms with E-state index in [-0.39, 0.29) is 22.7 Å². The molecule has 0 aromatic carbocycles. The molecule has 1 amide bonds. The summed E-state index contributed by atoms with van der Waals surface area (Å²) in [5.41, 5.74) is 11.4. The van der Waals surface area contributed by atoms with Gasteiger partial charge in [0.05, 0.1) is 12.3 Å². The molecule has 21 heavy (non-hydrogen) atoms. The number of carbonyl (C=O) groups excluding carboxylic acids is 2. The number of nitrogens with zero attached hydrogens (tertiary/aromatic N) is 1. The summed E-state index contributed by atoms with van der Waals surface area (Å²) in [5.74, 6) is -1.20. The zero-order valence-electron chi connectivity index (χ0n) is 12.6. The number of anilines is 2. The van der Waals surface area contributed by atoms with Crippen LogP contribution in [0.1, 0.15) is 33.4 Å². The highest BCUT2D eigenvalue weighted by Gasteiger charge is 2.25. The summed E-state index contributed by atoms with van der Waals surface area (Å²) in [4.78, 5) is 25.6. The fraction of sp³-hybridized carbons (Fsp3) is 0.538. The van der Waals surface area contributed by atoms with Crippen LogP contribution in [0.15, 0.2) is 0 Å². The molecule has 0 saturated carbocycles. The van der Waals surface area contributed by atoms with Crippen molar-refractivity contribution in [1.82, 2.24) is 4.90 Å². The van der Waals surface area contributed by atoms with Gasteiger partial charge in [0, 0.05) is 6.54 Å². The van der Waals surface area contributed by atoms with E-state index < -0.39 is 11.9 Å². The first-order valence-corrected chi connectivity index (χ1v) is 7.47. The normalized spacial score (nSPS) is 10.7. The third-order valence-electron chi connectivity index (χ3n) is 2.72. The molecule has 0 aliphatic rings. The summed E-state index contributed by atoms with van der Waals surface area (Å²) in [6, 6.07) is 0. The molecule has 5 N–H and O–H groups in total. The van der Waals surface area contributed by atoms with Gasteiger partial charge in [-0.05, 0) is 34.0 Å². The number of hydrogen-bond donors (Lipinski definition) is 3. The van der Waals surface area contributed by atoms with Crippen molar-refractivity contribution in [3.05, 3.63) is 10.4 Å². The average molecular weight is 314 g/mol. The van der Waals surface area contributed by atoms with E-state index in [0.717, 1.165) is 24.3 Å². The highest BCUT2D eigenvalue weighted by atomic mass is 32.1. The van der Waals surface area contributed by atoms with E-state index in [0.29, 0.717) is 11.5 Å². The second kappa shape index (κ2) is 7.84. The highest BCUT2D eigenvalue weighted by molar-refractivity contribution is 7.19. The maximum absolute atomic E-state index is 12.0. The lowest BCUT2D eigenvalue weighted by molar-refractivity contribution is 0.0529. The zero-order chi connectivity index (χ0) is 16.0. The van der Waals surface area contributed by atoms with E-state index in [4.69, 9.17) is 16.2 Å². The Balaban J connectivity index is 2.92. The Morgan fingerprint density at radius 3 is 2.57 bits per heavy atom. The predicted octanol–water partition coefficient (Wildman–Crippen LogP) is 0.970. The second-order valence-electron chi connectivity index (χ2n) is 4.72. The molecule has 0 atom stereocenters. The zero-order valence-corrected chi connectivity index (χ0v) is 13.4. The summed E-state index contributed by atoms with van der Waals surface area (Å²) in [5, 5.41) is 3.65. The Morgan fingerprint density at radius 1 is 1.38 bits per heavy atom. The quantitative estimate of drug-likeness (QED) is 0.487. The van der Waals surface area contributed by atoms with Gasteiger partial charge < -0.3 is 26.4 Å². The number of rotatable bonds is 8. The van der Waals surface area contributed by atoms with Crippen molar-refractivity contribution in [3.8, 4) is 0 Å². The standard InChI is InChI=1S/C13H22N4O3S/c1-4-20-13(19)8-9(14)10(11(15)18)21-12(8)16-6-5-7-17(2)3/h16H,4-7,14H2,1-3H3,(H2,15,18). The monoisotopic (exact) mass is 314 g/mol. The van der Waals surface area contributed by atoms with Gasteiger partial charge in [-0.3, -0.25) is 4.79 Å². The Bertz CT molecular complexity index is 514. The van der Waals surface area contributed by atoms with E-state index >= 15 is 0 Å². The molecule has 1 aromatic rings. The van der Waals surface area contributed by atoms with E-state index in [1.165, 1.54) is 0 Å². The molecule has 0 aliphatic carbocycles. The van der Waals surface area contributed by atoms with Crippen molar-refractivity contribution < 1.29 is 14.3 Å². The minimum atomic E-state index is -0.649. The SMILES string of the molecule is CCOC(=O)c1c(NCCCN(C)C)sc(C(N)=O)c1N. The van der Waals surface area contributed by atoms with Crippen LogP contribution in [-0.4, -0.2) is 50.6 Å². The van der Waals surface area contributed by atoms with Gasteiger partial charge in [0.1, 0.15) is 15.4 Å².